The summed E-state index contributed by atoms with van der Waals surface area (Å²) >= 11 is 5.97. The van der Waals surface area contributed by atoms with Crippen LogP contribution in [0.3, 0.4) is 0 Å². The Morgan fingerprint density at radius 1 is 1.41 bits per heavy atom. The van der Waals surface area contributed by atoms with Gasteiger partial charge >= 0.3 is 0 Å². The minimum Gasteiger partial charge on any atom is -0.496 e. The predicted octanol–water partition coefficient (Wildman–Crippen LogP) is 3.70. The molecule has 1 aliphatic rings. The molecule has 0 atom stereocenters. The zero-order chi connectivity index (χ0) is 15.9. The highest BCUT2D eigenvalue weighted by molar-refractivity contribution is 6.30. The van der Waals surface area contributed by atoms with E-state index in [9.17, 15) is 10.1 Å². The van der Waals surface area contributed by atoms with Crippen LogP contribution in [-0.2, 0) is 4.79 Å². The maximum atomic E-state index is 12.3. The van der Waals surface area contributed by atoms with Crippen molar-refractivity contribution in [1.82, 2.24) is 5.32 Å². The first-order valence-corrected chi connectivity index (χ1v) is 7.78. The van der Waals surface area contributed by atoms with Crippen molar-refractivity contribution in [3.63, 3.8) is 0 Å². The van der Waals surface area contributed by atoms with E-state index in [1.165, 1.54) is 19.6 Å². The standard InChI is InChI=1S/C17H19ClN2O2/c1-22-16-8-7-14(18)10-12(16)9-13(11-19)17(21)20-15-5-3-2-4-6-15/h7-10,15H,2-6H2,1H3,(H,20,21). The lowest BCUT2D eigenvalue weighted by atomic mass is 9.95. The summed E-state index contributed by atoms with van der Waals surface area (Å²) in [5.74, 6) is 0.235. The summed E-state index contributed by atoms with van der Waals surface area (Å²) in [6.45, 7) is 0. The minimum atomic E-state index is -0.337. The molecular formula is C17H19ClN2O2. The van der Waals surface area contributed by atoms with E-state index in [1.54, 1.807) is 18.2 Å². The van der Waals surface area contributed by atoms with Crippen molar-refractivity contribution in [2.24, 2.45) is 0 Å². The average molecular weight is 319 g/mol. The van der Waals surface area contributed by atoms with E-state index in [0.717, 1.165) is 25.7 Å². The third kappa shape index (κ3) is 4.25. The molecule has 2 rings (SSSR count). The number of benzene rings is 1. The van der Waals surface area contributed by atoms with Gasteiger partial charge in [0, 0.05) is 16.6 Å². The van der Waals surface area contributed by atoms with Crippen molar-refractivity contribution in [3.05, 3.63) is 34.4 Å². The van der Waals surface area contributed by atoms with Gasteiger partial charge < -0.3 is 10.1 Å². The number of nitrogens with zero attached hydrogens (tertiary/aromatic N) is 1. The van der Waals surface area contributed by atoms with E-state index < -0.39 is 0 Å². The maximum absolute atomic E-state index is 12.3. The van der Waals surface area contributed by atoms with Gasteiger partial charge in [-0.1, -0.05) is 30.9 Å². The molecular weight excluding hydrogens is 300 g/mol. The third-order valence-electron chi connectivity index (χ3n) is 3.80. The Morgan fingerprint density at radius 3 is 2.77 bits per heavy atom. The topological polar surface area (TPSA) is 62.1 Å². The number of nitriles is 1. The van der Waals surface area contributed by atoms with Gasteiger partial charge in [-0.2, -0.15) is 5.26 Å². The molecule has 1 N–H and O–H groups in total. The average Bonchev–Trinajstić information content (AvgIpc) is 2.53. The van der Waals surface area contributed by atoms with E-state index in [-0.39, 0.29) is 17.5 Å². The van der Waals surface area contributed by atoms with Gasteiger partial charge in [-0.15, -0.1) is 0 Å². The first-order valence-electron chi connectivity index (χ1n) is 7.40. The smallest absolute Gasteiger partial charge is 0.262 e. The zero-order valence-corrected chi connectivity index (χ0v) is 13.3. The molecule has 0 heterocycles. The summed E-state index contributed by atoms with van der Waals surface area (Å²) in [4.78, 5) is 12.3. The number of ether oxygens (including phenoxy) is 1. The van der Waals surface area contributed by atoms with Crippen molar-refractivity contribution in [2.45, 2.75) is 38.1 Å². The van der Waals surface area contributed by atoms with Gasteiger partial charge in [0.25, 0.3) is 5.91 Å². The molecule has 1 aromatic rings. The number of carbonyl (C=O) groups is 1. The largest absolute Gasteiger partial charge is 0.496 e. The predicted molar refractivity (Wildman–Crippen MR) is 86.6 cm³/mol. The second-order valence-corrected chi connectivity index (χ2v) is 5.80. The number of hydrogen-bond donors (Lipinski definition) is 1. The number of carbonyl (C=O) groups excluding carboxylic acids is 1. The van der Waals surface area contributed by atoms with Gasteiger partial charge in [0.05, 0.1) is 7.11 Å². The van der Waals surface area contributed by atoms with Crippen LogP contribution in [0.2, 0.25) is 5.02 Å². The fourth-order valence-corrected chi connectivity index (χ4v) is 2.81. The van der Waals surface area contributed by atoms with Crippen molar-refractivity contribution >= 4 is 23.6 Å². The molecule has 0 radical (unpaired) electrons. The molecule has 5 heteroatoms. The van der Waals surface area contributed by atoms with E-state index in [4.69, 9.17) is 16.3 Å². The first-order chi connectivity index (χ1) is 10.6. The molecule has 1 aliphatic carbocycles. The van der Waals surface area contributed by atoms with Crippen molar-refractivity contribution in [1.29, 1.82) is 5.26 Å². The van der Waals surface area contributed by atoms with Gasteiger partial charge in [0.1, 0.15) is 17.4 Å². The number of methoxy groups -OCH3 is 1. The molecule has 0 aliphatic heterocycles. The van der Waals surface area contributed by atoms with E-state index in [2.05, 4.69) is 5.32 Å². The number of hydrogen-bond acceptors (Lipinski definition) is 3. The quantitative estimate of drug-likeness (QED) is 0.680. The Balaban J connectivity index is 2.18. The van der Waals surface area contributed by atoms with Gasteiger partial charge in [-0.05, 0) is 37.1 Å². The Hall–Kier alpha value is -1.99. The number of rotatable bonds is 4. The molecule has 4 nitrogen and oxygen atoms in total. The van der Waals surface area contributed by atoms with Gasteiger partial charge in [-0.25, -0.2) is 0 Å². The van der Waals surface area contributed by atoms with Crippen molar-refractivity contribution in [3.8, 4) is 11.8 Å². The Morgan fingerprint density at radius 2 is 2.14 bits per heavy atom. The molecule has 0 spiro atoms. The molecule has 1 amide bonds. The van der Waals surface area contributed by atoms with E-state index in [1.807, 2.05) is 6.07 Å². The zero-order valence-electron chi connectivity index (χ0n) is 12.6. The lowest BCUT2D eigenvalue weighted by Crippen LogP contribution is -2.36. The normalized spacial score (nSPS) is 16.0. The van der Waals surface area contributed by atoms with Crippen LogP contribution in [0.5, 0.6) is 5.75 Å². The van der Waals surface area contributed by atoms with E-state index >= 15 is 0 Å². The van der Waals surface area contributed by atoms with Crippen LogP contribution in [0.1, 0.15) is 37.7 Å². The van der Waals surface area contributed by atoms with Crippen LogP contribution in [0.15, 0.2) is 23.8 Å². The molecule has 116 valence electrons. The molecule has 0 bridgehead atoms. The summed E-state index contributed by atoms with van der Waals surface area (Å²) in [6, 6.07) is 7.21. The van der Waals surface area contributed by atoms with Crippen LogP contribution >= 0.6 is 11.6 Å². The minimum absolute atomic E-state index is 0.0612. The fourth-order valence-electron chi connectivity index (χ4n) is 2.63. The highest BCUT2D eigenvalue weighted by Crippen LogP contribution is 2.25. The maximum Gasteiger partial charge on any atom is 0.262 e. The van der Waals surface area contributed by atoms with E-state index in [0.29, 0.717) is 16.3 Å². The summed E-state index contributed by atoms with van der Waals surface area (Å²) in [7, 11) is 1.54. The number of nitrogens with one attached hydrogen (secondary N) is 1. The SMILES string of the molecule is COc1ccc(Cl)cc1C=C(C#N)C(=O)NC1CCCCC1. The van der Waals surface area contributed by atoms with Crippen LogP contribution < -0.4 is 10.1 Å². The third-order valence-corrected chi connectivity index (χ3v) is 4.03. The van der Waals surface area contributed by atoms with Gasteiger partial charge in [0.15, 0.2) is 0 Å². The van der Waals surface area contributed by atoms with Gasteiger partial charge in [0.2, 0.25) is 0 Å². The molecule has 0 unspecified atom stereocenters. The van der Waals surface area contributed by atoms with Crippen molar-refractivity contribution in [2.75, 3.05) is 7.11 Å². The van der Waals surface area contributed by atoms with Crippen molar-refractivity contribution < 1.29 is 9.53 Å². The monoisotopic (exact) mass is 318 g/mol. The second kappa shape index (κ2) is 7.86. The van der Waals surface area contributed by atoms with Gasteiger partial charge in [-0.3, -0.25) is 4.79 Å². The lowest BCUT2D eigenvalue weighted by Gasteiger charge is -2.22. The Kier molecular flexibility index (Phi) is 5.85. The van der Waals surface area contributed by atoms with Crippen LogP contribution in [0.4, 0.5) is 0 Å². The first kappa shape index (κ1) is 16.4. The highest BCUT2D eigenvalue weighted by Gasteiger charge is 2.18. The second-order valence-electron chi connectivity index (χ2n) is 5.36. The number of halogens is 1. The van der Waals surface area contributed by atoms with Crippen LogP contribution in [-0.4, -0.2) is 19.1 Å². The number of amides is 1. The van der Waals surface area contributed by atoms with Crippen LogP contribution in [0.25, 0.3) is 6.08 Å². The molecule has 1 saturated carbocycles. The summed E-state index contributed by atoms with van der Waals surface area (Å²) in [6.07, 6.45) is 6.93. The highest BCUT2D eigenvalue weighted by atomic mass is 35.5. The summed E-state index contributed by atoms with van der Waals surface area (Å²) in [5, 5.41) is 12.7. The lowest BCUT2D eigenvalue weighted by molar-refractivity contribution is -0.117. The molecule has 1 fully saturated rings. The van der Waals surface area contributed by atoms with Crippen LogP contribution in [0, 0.1) is 11.3 Å². The Labute approximate surface area is 135 Å². The molecule has 0 aromatic heterocycles. The molecule has 0 saturated heterocycles. The Bertz CT molecular complexity index is 614. The molecule has 1 aromatic carbocycles. The summed E-state index contributed by atoms with van der Waals surface area (Å²) < 4.78 is 5.23. The molecule has 22 heavy (non-hydrogen) atoms. The fraction of sp³-hybridized carbons (Fsp3) is 0.412. The summed E-state index contributed by atoms with van der Waals surface area (Å²) in [5.41, 5.74) is 0.677.